The normalized spacial score (nSPS) is 12.7. The van der Waals surface area contributed by atoms with E-state index in [1.54, 1.807) is 18.3 Å². The molecule has 4 rings (SSSR count). The van der Waals surface area contributed by atoms with Gasteiger partial charge < -0.3 is 14.3 Å². The Labute approximate surface area is 204 Å². The lowest BCUT2D eigenvalue weighted by Gasteiger charge is -2.19. The topological polar surface area (TPSA) is 85.8 Å². The number of amides is 1. The first-order valence-corrected chi connectivity index (χ1v) is 12.9. The van der Waals surface area contributed by atoms with E-state index in [1.807, 2.05) is 18.2 Å². The van der Waals surface area contributed by atoms with Crippen LogP contribution in [0.4, 0.5) is 0 Å². The Morgan fingerprint density at radius 2 is 1.97 bits per heavy atom. The Hall–Kier alpha value is -3.00. The molecule has 0 aliphatic carbocycles. The van der Waals surface area contributed by atoms with Crippen LogP contribution >= 0.6 is 11.3 Å². The van der Waals surface area contributed by atoms with Gasteiger partial charge in [-0.3, -0.25) is 4.79 Å². The summed E-state index contributed by atoms with van der Waals surface area (Å²) in [4.78, 5) is 19.5. The summed E-state index contributed by atoms with van der Waals surface area (Å²) in [7, 11) is 0. The summed E-state index contributed by atoms with van der Waals surface area (Å²) >= 11 is 1.75. The van der Waals surface area contributed by atoms with Crippen molar-refractivity contribution in [3.05, 3.63) is 63.8 Å². The van der Waals surface area contributed by atoms with Gasteiger partial charge in [0.2, 0.25) is 11.8 Å². The third-order valence-corrected chi connectivity index (χ3v) is 6.97. The Bertz CT molecular complexity index is 1240. The van der Waals surface area contributed by atoms with Gasteiger partial charge in [0.15, 0.2) is 0 Å². The second-order valence-corrected chi connectivity index (χ2v) is 10.2. The lowest BCUT2D eigenvalue weighted by molar-refractivity contribution is 0.0924. The minimum Gasteiger partial charge on any atom is -0.423 e. The molecule has 0 aliphatic rings. The molecule has 180 valence electrons. The molecule has 0 saturated carbocycles. The van der Waals surface area contributed by atoms with Crippen molar-refractivity contribution in [2.45, 2.75) is 72.4 Å². The minimum absolute atomic E-state index is 0.166. The van der Waals surface area contributed by atoms with Gasteiger partial charge in [0.05, 0.1) is 11.0 Å². The fourth-order valence-corrected chi connectivity index (χ4v) is 5.13. The van der Waals surface area contributed by atoms with Crippen LogP contribution in [0, 0.1) is 12.8 Å². The molecule has 4 aromatic rings. The summed E-state index contributed by atoms with van der Waals surface area (Å²) in [5.41, 5.74) is 2.50. The van der Waals surface area contributed by atoms with Gasteiger partial charge >= 0.3 is 0 Å². The third-order valence-electron chi connectivity index (χ3n) is 6.10. The van der Waals surface area contributed by atoms with Crippen LogP contribution in [-0.4, -0.2) is 25.7 Å². The summed E-state index contributed by atoms with van der Waals surface area (Å²) in [5, 5.41) is 13.3. The molecular weight excluding hydrogens is 446 g/mol. The number of benzene rings is 1. The molecule has 7 nitrogen and oxygen atoms in total. The number of thiophene rings is 1. The van der Waals surface area contributed by atoms with Crippen LogP contribution in [0.15, 0.2) is 40.1 Å². The first-order valence-electron chi connectivity index (χ1n) is 12.0. The number of imidazole rings is 1. The highest BCUT2D eigenvalue weighted by Gasteiger charge is 2.23. The Kier molecular flexibility index (Phi) is 7.46. The molecule has 1 amide bonds. The number of rotatable bonds is 10. The van der Waals surface area contributed by atoms with Crippen LogP contribution in [0.5, 0.6) is 0 Å². The molecule has 8 heteroatoms. The van der Waals surface area contributed by atoms with Crippen LogP contribution < -0.4 is 5.32 Å². The largest absolute Gasteiger partial charge is 0.423 e. The maximum absolute atomic E-state index is 13.2. The number of fused-ring (bicyclic) bond motifs is 1. The molecule has 0 aliphatic heterocycles. The lowest BCUT2D eigenvalue weighted by Crippen LogP contribution is -2.29. The van der Waals surface area contributed by atoms with Crippen LogP contribution in [0.25, 0.3) is 11.0 Å². The smallest absolute Gasteiger partial charge is 0.252 e. The quantitative estimate of drug-likeness (QED) is 0.290. The van der Waals surface area contributed by atoms with Crippen LogP contribution in [0.2, 0.25) is 0 Å². The molecule has 3 aromatic heterocycles. The minimum atomic E-state index is -0.332. The highest BCUT2D eigenvalue weighted by molar-refractivity contribution is 7.09. The van der Waals surface area contributed by atoms with Crippen molar-refractivity contribution < 1.29 is 9.21 Å². The fourth-order valence-electron chi connectivity index (χ4n) is 4.43. The Morgan fingerprint density at radius 1 is 1.18 bits per heavy atom. The van der Waals surface area contributed by atoms with E-state index in [0.29, 0.717) is 35.7 Å². The fraction of sp³-hybridized carbons (Fsp3) is 0.462. The SMILES string of the molecule is CCC(CC)n1c(Cc2cccs2)nc2cc(C(=O)NC(CC(C)C)c3nnc(C)o3)ccc21. The van der Waals surface area contributed by atoms with E-state index in [4.69, 9.17) is 9.40 Å². The molecule has 0 saturated heterocycles. The summed E-state index contributed by atoms with van der Waals surface area (Å²) in [6.45, 7) is 10.4. The highest BCUT2D eigenvalue weighted by atomic mass is 32.1. The van der Waals surface area contributed by atoms with Gasteiger partial charge in [-0.25, -0.2) is 4.98 Å². The third kappa shape index (κ3) is 5.22. The van der Waals surface area contributed by atoms with E-state index in [1.165, 1.54) is 4.88 Å². The number of hydrogen-bond acceptors (Lipinski definition) is 6. The summed E-state index contributed by atoms with van der Waals surface area (Å²) < 4.78 is 7.98. The summed E-state index contributed by atoms with van der Waals surface area (Å²) in [5.74, 6) is 2.17. The van der Waals surface area contributed by atoms with Crippen molar-refractivity contribution in [1.29, 1.82) is 0 Å². The number of aromatic nitrogens is 4. The van der Waals surface area contributed by atoms with Crippen molar-refractivity contribution in [3.63, 3.8) is 0 Å². The lowest BCUT2D eigenvalue weighted by atomic mass is 10.0. The van der Waals surface area contributed by atoms with Gasteiger partial charge in [-0.15, -0.1) is 21.5 Å². The molecular formula is C26H33N5O2S. The first kappa shape index (κ1) is 24.1. The molecule has 1 N–H and O–H groups in total. The molecule has 0 radical (unpaired) electrons. The van der Waals surface area contributed by atoms with E-state index in [2.05, 4.69) is 65.3 Å². The number of nitrogens with zero attached hydrogens (tertiary/aromatic N) is 4. The van der Waals surface area contributed by atoms with Crippen LogP contribution in [-0.2, 0) is 6.42 Å². The van der Waals surface area contributed by atoms with Crippen LogP contribution in [0.3, 0.4) is 0 Å². The molecule has 0 spiro atoms. The average Bonchev–Trinajstić information content (AvgIpc) is 3.55. The number of carbonyl (C=O) groups is 1. The van der Waals surface area contributed by atoms with E-state index in [-0.39, 0.29) is 11.9 Å². The number of carbonyl (C=O) groups excluding carboxylic acids is 1. The van der Waals surface area contributed by atoms with Crippen molar-refractivity contribution in [2.24, 2.45) is 5.92 Å². The zero-order chi connectivity index (χ0) is 24.2. The van der Waals surface area contributed by atoms with Crippen molar-refractivity contribution >= 4 is 28.3 Å². The maximum Gasteiger partial charge on any atom is 0.252 e. The van der Waals surface area contributed by atoms with Gasteiger partial charge in [0.25, 0.3) is 5.91 Å². The summed E-state index contributed by atoms with van der Waals surface area (Å²) in [6, 6.07) is 10.1. The molecule has 3 heterocycles. The number of aryl methyl sites for hydroxylation is 1. The average molecular weight is 480 g/mol. The van der Waals surface area contributed by atoms with Gasteiger partial charge in [-0.1, -0.05) is 33.8 Å². The van der Waals surface area contributed by atoms with Crippen molar-refractivity contribution in [2.75, 3.05) is 0 Å². The second-order valence-electron chi connectivity index (χ2n) is 9.14. The zero-order valence-electron chi connectivity index (χ0n) is 20.5. The van der Waals surface area contributed by atoms with E-state index >= 15 is 0 Å². The van der Waals surface area contributed by atoms with Gasteiger partial charge in [-0.05, 0) is 54.8 Å². The molecule has 0 fully saturated rings. The first-order chi connectivity index (χ1) is 16.4. The second kappa shape index (κ2) is 10.5. The van der Waals surface area contributed by atoms with E-state index in [0.717, 1.165) is 36.1 Å². The predicted octanol–water partition coefficient (Wildman–Crippen LogP) is 6.26. The standard InChI is InChI=1S/C26H33N5O2S/c1-6-19(7-2)31-23-11-10-18(14-21(23)27-24(31)15-20-9-8-12-34-20)25(32)28-22(13-16(3)4)26-30-29-17(5)33-26/h8-12,14,16,19,22H,6-7,13,15H2,1-5H3,(H,28,32). The van der Waals surface area contributed by atoms with Gasteiger partial charge in [0, 0.05) is 29.8 Å². The molecule has 1 atom stereocenters. The number of hydrogen-bond donors (Lipinski definition) is 1. The van der Waals surface area contributed by atoms with Gasteiger partial charge in [-0.2, -0.15) is 0 Å². The van der Waals surface area contributed by atoms with E-state index < -0.39 is 0 Å². The Balaban J connectivity index is 1.66. The molecule has 0 bridgehead atoms. The van der Waals surface area contributed by atoms with Crippen LogP contribution in [0.1, 0.15) is 91.9 Å². The Morgan fingerprint density at radius 3 is 2.59 bits per heavy atom. The van der Waals surface area contributed by atoms with E-state index in [9.17, 15) is 4.79 Å². The molecule has 1 aromatic carbocycles. The zero-order valence-corrected chi connectivity index (χ0v) is 21.4. The predicted molar refractivity (Wildman–Crippen MR) is 135 cm³/mol. The monoisotopic (exact) mass is 479 g/mol. The van der Waals surface area contributed by atoms with Gasteiger partial charge in [0.1, 0.15) is 11.9 Å². The van der Waals surface area contributed by atoms with Crippen molar-refractivity contribution in [3.8, 4) is 0 Å². The maximum atomic E-state index is 13.2. The highest BCUT2D eigenvalue weighted by Crippen LogP contribution is 2.29. The molecule has 1 unspecified atom stereocenters. The number of nitrogens with one attached hydrogen (secondary N) is 1. The van der Waals surface area contributed by atoms with Crippen molar-refractivity contribution in [1.82, 2.24) is 25.1 Å². The summed E-state index contributed by atoms with van der Waals surface area (Å²) in [6.07, 6.45) is 3.56. The molecule has 34 heavy (non-hydrogen) atoms.